The Morgan fingerprint density at radius 2 is 1.68 bits per heavy atom. The number of methoxy groups -OCH3 is 1. The molecular weight excluding hydrogens is 665 g/mol. The smallest absolute Gasteiger partial charge is 0.490 e. The van der Waals surface area contributed by atoms with E-state index in [2.05, 4.69) is 21.1 Å². The zero-order chi connectivity index (χ0) is 37.8. The lowest BCUT2D eigenvalue weighted by Crippen LogP contribution is -2.35. The molecule has 0 aliphatic rings. The Hall–Kier alpha value is -6.17. The SMILES string of the molecule is CN.COc1cc(C(Nc2ccc(C(=N)N)cc2)c2nn(-c3ccccc3C=O)c(=O)[nH]2)ccc1OC(C)C(=O)N(C)C.O=C(O)C(F)(F)F. The fourth-order valence-corrected chi connectivity index (χ4v) is 4.20. The Kier molecular flexibility index (Phi) is 14.3. The molecule has 8 N–H and O–H groups in total. The molecule has 0 radical (unpaired) electrons. The van der Waals surface area contributed by atoms with Crippen molar-refractivity contribution >= 4 is 29.7 Å². The van der Waals surface area contributed by atoms with Gasteiger partial charge in [-0.25, -0.2) is 9.59 Å². The van der Waals surface area contributed by atoms with E-state index in [0.29, 0.717) is 45.9 Å². The second-order valence-corrected chi connectivity index (χ2v) is 10.2. The molecule has 2 atom stereocenters. The minimum atomic E-state index is -5.08. The number of aldehydes is 1. The highest BCUT2D eigenvalue weighted by Gasteiger charge is 2.38. The van der Waals surface area contributed by atoms with Gasteiger partial charge in [-0.1, -0.05) is 18.2 Å². The van der Waals surface area contributed by atoms with Crippen molar-refractivity contribution in [3.05, 3.63) is 99.7 Å². The summed E-state index contributed by atoms with van der Waals surface area (Å²) in [7, 11) is 6.28. The van der Waals surface area contributed by atoms with Crippen LogP contribution in [0.5, 0.6) is 11.5 Å². The predicted octanol–water partition coefficient (Wildman–Crippen LogP) is 2.93. The minimum absolute atomic E-state index is 0.0627. The number of amides is 1. The average Bonchev–Trinajstić information content (AvgIpc) is 3.48. The highest BCUT2D eigenvalue weighted by molar-refractivity contribution is 5.95. The number of nitrogens with one attached hydrogen (secondary N) is 3. The van der Waals surface area contributed by atoms with Crippen LogP contribution in [-0.4, -0.2) is 89.3 Å². The van der Waals surface area contributed by atoms with Crippen LogP contribution in [0.3, 0.4) is 0 Å². The second kappa shape index (κ2) is 17.8. The lowest BCUT2D eigenvalue weighted by Gasteiger charge is -2.22. The number of likely N-dealkylation sites (N-methyl/N-ethyl adjacent to an activating group) is 1. The summed E-state index contributed by atoms with van der Waals surface area (Å²) in [6.45, 7) is 1.65. The van der Waals surface area contributed by atoms with Gasteiger partial charge in [-0.05, 0) is 68.1 Å². The highest BCUT2D eigenvalue weighted by atomic mass is 19.4. The van der Waals surface area contributed by atoms with Crippen molar-refractivity contribution < 1.29 is 42.1 Å². The van der Waals surface area contributed by atoms with Gasteiger partial charge in [-0.3, -0.25) is 20.0 Å². The molecule has 0 bridgehead atoms. The first-order chi connectivity index (χ1) is 23.6. The molecule has 268 valence electrons. The molecule has 15 nitrogen and oxygen atoms in total. The van der Waals surface area contributed by atoms with Crippen molar-refractivity contribution in [3.8, 4) is 17.2 Å². The first-order valence-corrected chi connectivity index (χ1v) is 14.5. The maximum atomic E-state index is 13.0. The number of rotatable bonds is 11. The molecule has 18 heteroatoms. The lowest BCUT2D eigenvalue weighted by molar-refractivity contribution is -0.192. The fraction of sp³-hybridized carbons (Fsp3) is 0.250. The Balaban J connectivity index is 0.000000858. The van der Waals surface area contributed by atoms with Crippen LogP contribution in [0.4, 0.5) is 18.9 Å². The van der Waals surface area contributed by atoms with Crippen LogP contribution in [-0.2, 0) is 9.59 Å². The number of carboxylic acids is 1. The Labute approximate surface area is 284 Å². The zero-order valence-corrected chi connectivity index (χ0v) is 27.6. The second-order valence-electron chi connectivity index (χ2n) is 10.2. The molecule has 50 heavy (non-hydrogen) atoms. The van der Waals surface area contributed by atoms with E-state index in [0.717, 1.165) is 4.68 Å². The number of halogens is 3. The van der Waals surface area contributed by atoms with Crippen LogP contribution in [0, 0.1) is 5.41 Å². The zero-order valence-electron chi connectivity index (χ0n) is 27.6. The fourth-order valence-electron chi connectivity index (χ4n) is 4.20. The van der Waals surface area contributed by atoms with Crippen LogP contribution >= 0.6 is 0 Å². The molecule has 4 aromatic rings. The number of aliphatic carboxylic acids is 1. The number of hydrogen-bond acceptors (Lipinski definition) is 10. The average molecular weight is 703 g/mol. The molecule has 2 unspecified atom stereocenters. The molecule has 0 aliphatic heterocycles. The summed E-state index contributed by atoms with van der Waals surface area (Å²) in [6.07, 6.45) is -5.17. The van der Waals surface area contributed by atoms with Gasteiger partial charge in [-0.15, -0.1) is 5.10 Å². The predicted molar refractivity (Wildman–Crippen MR) is 178 cm³/mol. The first-order valence-electron chi connectivity index (χ1n) is 14.5. The van der Waals surface area contributed by atoms with Crippen molar-refractivity contribution in [1.82, 2.24) is 19.7 Å². The number of aromatic amines is 1. The number of amidine groups is 1. The summed E-state index contributed by atoms with van der Waals surface area (Å²) >= 11 is 0. The molecule has 3 aromatic carbocycles. The number of para-hydroxylation sites is 1. The summed E-state index contributed by atoms with van der Waals surface area (Å²) in [4.78, 5) is 50.1. The Morgan fingerprint density at radius 3 is 2.20 bits per heavy atom. The van der Waals surface area contributed by atoms with Gasteiger partial charge in [0.05, 0.1) is 12.8 Å². The normalized spacial score (nSPS) is 11.7. The van der Waals surface area contributed by atoms with E-state index in [1.807, 2.05) is 0 Å². The maximum absolute atomic E-state index is 13.0. The molecule has 1 heterocycles. The summed E-state index contributed by atoms with van der Waals surface area (Å²) in [6, 6.07) is 18.0. The van der Waals surface area contributed by atoms with Crippen LogP contribution in [0.15, 0.2) is 71.5 Å². The minimum Gasteiger partial charge on any atom is -0.493 e. The standard InChI is InChI=1S/C29H31N7O5.C2HF3O2.CH5N/c1-17(28(38)35(2)3)41-23-14-11-19(15-24(23)40-4)25(32-21-12-9-18(10-13-21)26(30)31)27-33-29(39)36(34-27)22-8-6-5-7-20(22)16-37;3-2(4,5)1(6)7;1-2/h5-17,25,32H,1-4H3,(H3,30,31)(H,33,34,39);(H,6,7);2H2,1H3. The van der Waals surface area contributed by atoms with Gasteiger partial charge < -0.3 is 36.3 Å². The largest absolute Gasteiger partial charge is 0.493 e. The summed E-state index contributed by atoms with van der Waals surface area (Å²) < 4.78 is 44.3. The van der Waals surface area contributed by atoms with Crippen LogP contribution < -0.4 is 31.9 Å². The lowest BCUT2D eigenvalue weighted by atomic mass is 10.0. The first kappa shape index (κ1) is 40.0. The number of hydrogen-bond donors (Lipinski definition) is 6. The van der Waals surface area contributed by atoms with Crippen molar-refractivity contribution in [3.63, 3.8) is 0 Å². The van der Waals surface area contributed by atoms with Crippen LogP contribution in [0.2, 0.25) is 0 Å². The third-order valence-corrected chi connectivity index (χ3v) is 6.56. The molecule has 4 rings (SSSR count). The molecule has 1 aromatic heterocycles. The van der Waals surface area contributed by atoms with Crippen molar-refractivity contribution in [2.45, 2.75) is 25.2 Å². The number of alkyl halides is 3. The number of nitrogen functional groups attached to an aromatic ring is 1. The van der Waals surface area contributed by atoms with E-state index in [1.54, 1.807) is 87.7 Å². The van der Waals surface area contributed by atoms with E-state index in [1.165, 1.54) is 19.1 Å². The van der Waals surface area contributed by atoms with Crippen molar-refractivity contribution in [1.29, 1.82) is 5.41 Å². The van der Waals surface area contributed by atoms with E-state index in [4.69, 9.17) is 30.5 Å². The quantitative estimate of drug-likeness (QED) is 0.0756. The van der Waals surface area contributed by atoms with Gasteiger partial charge in [0, 0.05) is 30.9 Å². The maximum Gasteiger partial charge on any atom is 0.490 e. The monoisotopic (exact) mass is 702 g/mol. The van der Waals surface area contributed by atoms with Crippen LogP contribution in [0.25, 0.3) is 5.69 Å². The number of carbonyl (C=O) groups excluding carboxylic acids is 2. The number of nitrogens with zero attached hydrogens (tertiary/aromatic N) is 3. The number of H-pyrrole nitrogens is 1. The molecule has 1 amide bonds. The molecular formula is C32H37F3N8O7. The third kappa shape index (κ3) is 10.4. The molecule has 0 spiro atoms. The summed E-state index contributed by atoms with van der Waals surface area (Å²) in [5.74, 6) is -2.03. The van der Waals surface area contributed by atoms with Gasteiger partial charge in [0.1, 0.15) is 11.9 Å². The molecule has 0 fully saturated rings. The highest BCUT2D eigenvalue weighted by Crippen LogP contribution is 2.34. The summed E-state index contributed by atoms with van der Waals surface area (Å²) in [5.41, 5.74) is 12.1. The van der Waals surface area contributed by atoms with Gasteiger partial charge in [0.2, 0.25) is 0 Å². The van der Waals surface area contributed by atoms with Gasteiger partial charge >= 0.3 is 17.8 Å². The van der Waals surface area contributed by atoms with E-state index >= 15 is 0 Å². The number of anilines is 1. The third-order valence-electron chi connectivity index (χ3n) is 6.56. The molecule has 0 aliphatic carbocycles. The van der Waals surface area contributed by atoms with E-state index in [-0.39, 0.29) is 17.6 Å². The van der Waals surface area contributed by atoms with Gasteiger partial charge in [0.25, 0.3) is 5.91 Å². The van der Waals surface area contributed by atoms with E-state index < -0.39 is 30.0 Å². The number of ether oxygens (including phenoxy) is 2. The van der Waals surface area contributed by atoms with Crippen molar-refractivity contribution in [2.24, 2.45) is 11.5 Å². The Bertz CT molecular complexity index is 1840. The molecule has 0 saturated carbocycles. The van der Waals surface area contributed by atoms with Gasteiger partial charge in [0.15, 0.2) is 29.7 Å². The van der Waals surface area contributed by atoms with E-state index in [9.17, 15) is 27.6 Å². The van der Waals surface area contributed by atoms with Crippen LogP contribution in [0.1, 0.15) is 40.3 Å². The number of aromatic nitrogens is 3. The molecule has 0 saturated heterocycles. The topological polar surface area (TPSA) is 232 Å². The Morgan fingerprint density at radius 1 is 1.08 bits per heavy atom. The number of carboxylic acid groups (broad SMARTS) is 1. The van der Waals surface area contributed by atoms with Crippen molar-refractivity contribution in [2.75, 3.05) is 33.6 Å². The summed E-state index contributed by atoms with van der Waals surface area (Å²) in [5, 5.41) is 22.7. The number of nitrogens with two attached hydrogens (primary N) is 2. The number of benzene rings is 3. The number of carbonyl (C=O) groups is 3. The van der Waals surface area contributed by atoms with Gasteiger partial charge in [-0.2, -0.15) is 17.9 Å².